The number of pyridine rings is 1. The molecule has 1 aliphatic heterocycles. The van der Waals surface area contributed by atoms with Crippen LogP contribution in [0.5, 0.6) is 0 Å². The summed E-state index contributed by atoms with van der Waals surface area (Å²) in [5, 5.41) is 1.04. The maximum Gasteiger partial charge on any atom is 0.254 e. The average molecular weight is 461 g/mol. The Hall–Kier alpha value is -3.48. The minimum absolute atomic E-state index is 0.0844. The van der Waals surface area contributed by atoms with Gasteiger partial charge in [-0.05, 0) is 61.7 Å². The van der Waals surface area contributed by atoms with E-state index in [1.165, 1.54) is 12.1 Å². The molecule has 1 saturated heterocycles. The van der Waals surface area contributed by atoms with E-state index in [0.29, 0.717) is 38.3 Å². The first-order chi connectivity index (χ1) is 16.4. The van der Waals surface area contributed by atoms with Gasteiger partial charge < -0.3 is 14.7 Å². The molecular weight excluding hydrogens is 431 g/mol. The molecule has 0 atom stereocenters. The van der Waals surface area contributed by atoms with Gasteiger partial charge in [-0.25, -0.2) is 9.37 Å². The van der Waals surface area contributed by atoms with Crippen molar-refractivity contribution in [3.8, 4) is 0 Å². The number of piperazine rings is 1. The Bertz CT molecular complexity index is 1230. The van der Waals surface area contributed by atoms with Crippen molar-refractivity contribution in [3.63, 3.8) is 0 Å². The minimum Gasteiger partial charge on any atom is -0.353 e. The number of amides is 2. The summed E-state index contributed by atoms with van der Waals surface area (Å²) in [5.41, 5.74) is 3.56. The molecule has 5 rings (SSSR count). The van der Waals surface area contributed by atoms with E-state index >= 15 is 0 Å². The smallest absolute Gasteiger partial charge is 0.254 e. The fourth-order valence-corrected chi connectivity index (χ4v) is 4.63. The summed E-state index contributed by atoms with van der Waals surface area (Å²) in [5.74, 6) is 0.528. The van der Waals surface area contributed by atoms with Crippen molar-refractivity contribution in [2.45, 2.75) is 39.3 Å². The molecule has 0 bridgehead atoms. The maximum absolute atomic E-state index is 13.4. The van der Waals surface area contributed by atoms with E-state index in [4.69, 9.17) is 4.98 Å². The molecule has 0 radical (unpaired) electrons. The number of carbonyl (C=O) groups is 2. The fourth-order valence-electron chi connectivity index (χ4n) is 4.63. The third-order valence-corrected chi connectivity index (χ3v) is 6.73. The molecule has 176 valence electrons. The molecular formula is C27H29FN4O2. The van der Waals surface area contributed by atoms with Crippen molar-refractivity contribution < 1.29 is 14.0 Å². The van der Waals surface area contributed by atoms with Gasteiger partial charge in [-0.15, -0.1) is 0 Å². The van der Waals surface area contributed by atoms with E-state index in [2.05, 4.69) is 36.1 Å². The van der Waals surface area contributed by atoms with E-state index in [1.54, 1.807) is 19.1 Å². The molecule has 2 amide bonds. The van der Waals surface area contributed by atoms with Crippen molar-refractivity contribution in [2.24, 2.45) is 0 Å². The summed E-state index contributed by atoms with van der Waals surface area (Å²) in [7, 11) is 0. The second-order valence-electron chi connectivity index (χ2n) is 9.33. The number of benzene rings is 2. The summed E-state index contributed by atoms with van der Waals surface area (Å²) in [6.45, 7) is 6.81. The van der Waals surface area contributed by atoms with Crippen molar-refractivity contribution in [2.75, 3.05) is 31.1 Å². The number of fused-ring (bicyclic) bond motifs is 1. The van der Waals surface area contributed by atoms with Crippen LogP contribution in [0.25, 0.3) is 10.9 Å². The highest BCUT2D eigenvalue weighted by Crippen LogP contribution is 2.33. The highest BCUT2D eigenvalue weighted by molar-refractivity contribution is 5.94. The van der Waals surface area contributed by atoms with Gasteiger partial charge in [0.15, 0.2) is 0 Å². The molecule has 0 unspecified atom stereocenters. The number of halogens is 1. The Balaban J connectivity index is 1.50. The van der Waals surface area contributed by atoms with Gasteiger partial charge in [0.05, 0.1) is 5.52 Å². The molecule has 0 N–H and O–H groups in total. The Labute approximate surface area is 199 Å². The second-order valence-corrected chi connectivity index (χ2v) is 9.33. The summed E-state index contributed by atoms with van der Waals surface area (Å²) < 4.78 is 13.4. The number of carbonyl (C=O) groups excluding carboxylic acids is 2. The van der Waals surface area contributed by atoms with Gasteiger partial charge in [0.2, 0.25) is 5.91 Å². The van der Waals surface area contributed by atoms with Crippen molar-refractivity contribution >= 4 is 28.5 Å². The molecule has 1 aliphatic carbocycles. The lowest BCUT2D eigenvalue weighted by Crippen LogP contribution is -2.48. The lowest BCUT2D eigenvalue weighted by Gasteiger charge is -2.36. The van der Waals surface area contributed by atoms with Crippen LogP contribution < -0.4 is 4.90 Å². The van der Waals surface area contributed by atoms with Crippen LogP contribution in [-0.2, 0) is 11.3 Å². The van der Waals surface area contributed by atoms with E-state index in [-0.39, 0.29) is 23.7 Å². The van der Waals surface area contributed by atoms with E-state index in [0.717, 1.165) is 40.7 Å². The summed E-state index contributed by atoms with van der Waals surface area (Å²) in [4.78, 5) is 36.2. The predicted molar refractivity (Wildman–Crippen MR) is 130 cm³/mol. The van der Waals surface area contributed by atoms with Crippen molar-refractivity contribution in [1.82, 2.24) is 14.8 Å². The molecule has 2 aromatic carbocycles. The number of aryl methyl sites for hydroxylation is 1. The number of anilines is 1. The number of aromatic nitrogens is 1. The molecule has 7 heteroatoms. The van der Waals surface area contributed by atoms with Crippen LogP contribution >= 0.6 is 0 Å². The third kappa shape index (κ3) is 4.60. The lowest BCUT2D eigenvalue weighted by atomic mass is 10.1. The molecule has 1 saturated carbocycles. The Morgan fingerprint density at radius 3 is 2.38 bits per heavy atom. The van der Waals surface area contributed by atoms with Crippen LogP contribution in [0, 0.1) is 12.7 Å². The lowest BCUT2D eigenvalue weighted by molar-refractivity contribution is -0.129. The number of nitrogens with zero attached hydrogens (tertiary/aromatic N) is 4. The van der Waals surface area contributed by atoms with Crippen LogP contribution in [-0.4, -0.2) is 58.8 Å². The highest BCUT2D eigenvalue weighted by atomic mass is 19.1. The van der Waals surface area contributed by atoms with Gasteiger partial charge in [0, 0.05) is 62.2 Å². The van der Waals surface area contributed by atoms with Gasteiger partial charge in [-0.3, -0.25) is 9.59 Å². The zero-order valence-electron chi connectivity index (χ0n) is 19.6. The zero-order valence-corrected chi connectivity index (χ0v) is 19.6. The quantitative estimate of drug-likeness (QED) is 0.574. The van der Waals surface area contributed by atoms with Crippen LogP contribution in [0.1, 0.15) is 41.3 Å². The maximum atomic E-state index is 13.4. The van der Waals surface area contributed by atoms with E-state index in [1.807, 2.05) is 9.80 Å². The predicted octanol–water partition coefficient (Wildman–Crippen LogP) is 4.16. The average Bonchev–Trinajstić information content (AvgIpc) is 3.67. The SMILES string of the molecule is CC(=O)N1CCN(c2nc3cc(C)ccc3cc2CN(C(=O)c2ccc(F)cc2)C2CC2)CC1. The number of hydrogen-bond acceptors (Lipinski definition) is 4. The van der Waals surface area contributed by atoms with Gasteiger partial charge >= 0.3 is 0 Å². The molecule has 3 aromatic rings. The Morgan fingerprint density at radius 1 is 1.03 bits per heavy atom. The molecule has 2 heterocycles. The van der Waals surface area contributed by atoms with Crippen LogP contribution in [0.15, 0.2) is 48.5 Å². The topological polar surface area (TPSA) is 56.8 Å². The van der Waals surface area contributed by atoms with Gasteiger partial charge in [0.1, 0.15) is 11.6 Å². The summed E-state index contributed by atoms with van der Waals surface area (Å²) in [6, 6.07) is 14.3. The first-order valence-corrected chi connectivity index (χ1v) is 11.9. The summed E-state index contributed by atoms with van der Waals surface area (Å²) >= 11 is 0. The fraction of sp³-hybridized carbons (Fsp3) is 0.370. The standard InChI is InChI=1S/C27H29FN4O2/c1-18-3-4-21-16-22(17-32(24-9-10-24)27(34)20-5-7-23(28)8-6-20)26(29-25(21)15-18)31-13-11-30(12-14-31)19(2)33/h3-8,15-16,24H,9-14,17H2,1-2H3. The third-order valence-electron chi connectivity index (χ3n) is 6.73. The molecule has 1 aromatic heterocycles. The minimum atomic E-state index is -0.351. The van der Waals surface area contributed by atoms with E-state index in [9.17, 15) is 14.0 Å². The monoisotopic (exact) mass is 460 g/mol. The van der Waals surface area contributed by atoms with Gasteiger partial charge in [-0.2, -0.15) is 0 Å². The molecule has 34 heavy (non-hydrogen) atoms. The Morgan fingerprint density at radius 2 is 1.74 bits per heavy atom. The Kier molecular flexibility index (Phi) is 5.94. The first-order valence-electron chi connectivity index (χ1n) is 11.9. The number of hydrogen-bond donors (Lipinski definition) is 0. The number of rotatable bonds is 5. The van der Waals surface area contributed by atoms with Crippen LogP contribution in [0.3, 0.4) is 0 Å². The normalized spacial score (nSPS) is 16.1. The van der Waals surface area contributed by atoms with Crippen molar-refractivity contribution in [3.05, 3.63) is 71.0 Å². The first kappa shape index (κ1) is 22.3. The zero-order chi connectivity index (χ0) is 23.8. The summed E-state index contributed by atoms with van der Waals surface area (Å²) in [6.07, 6.45) is 1.94. The molecule has 2 fully saturated rings. The molecule has 6 nitrogen and oxygen atoms in total. The second kappa shape index (κ2) is 9.05. The molecule has 0 spiro atoms. The van der Waals surface area contributed by atoms with Crippen molar-refractivity contribution in [1.29, 1.82) is 0 Å². The van der Waals surface area contributed by atoms with Crippen LogP contribution in [0.4, 0.5) is 10.2 Å². The van der Waals surface area contributed by atoms with Gasteiger partial charge in [-0.1, -0.05) is 12.1 Å². The highest BCUT2D eigenvalue weighted by Gasteiger charge is 2.34. The van der Waals surface area contributed by atoms with Crippen LogP contribution in [0.2, 0.25) is 0 Å². The largest absolute Gasteiger partial charge is 0.353 e. The molecule has 2 aliphatic rings. The van der Waals surface area contributed by atoms with Gasteiger partial charge in [0.25, 0.3) is 5.91 Å². The van der Waals surface area contributed by atoms with E-state index < -0.39 is 0 Å².